The van der Waals surface area contributed by atoms with Crippen molar-refractivity contribution in [1.82, 2.24) is 9.78 Å². The number of fused-ring (bicyclic) bond motifs is 2. The highest BCUT2D eigenvalue weighted by atomic mass is 16.5. The maximum atomic E-state index is 13.1. The van der Waals surface area contributed by atoms with Crippen molar-refractivity contribution in [2.45, 2.75) is 32.6 Å². The monoisotopic (exact) mass is 375 g/mol. The molecule has 144 valence electrons. The number of allylic oxidation sites excluding steroid dienone is 1. The third-order valence-electron chi connectivity index (χ3n) is 5.29. The van der Waals surface area contributed by atoms with Gasteiger partial charge in [-0.1, -0.05) is 55.8 Å². The fourth-order valence-corrected chi connectivity index (χ4v) is 4.08. The summed E-state index contributed by atoms with van der Waals surface area (Å²) >= 11 is 0. The molecule has 2 aromatic carbocycles. The third-order valence-corrected chi connectivity index (χ3v) is 5.29. The highest BCUT2D eigenvalue weighted by Gasteiger charge is 2.36. The summed E-state index contributed by atoms with van der Waals surface area (Å²) in [7, 11) is 1.92. The number of carbonyl (C=O) groups excluding carboxylic acids is 1. The number of ether oxygens (including phenoxy) is 1. The van der Waals surface area contributed by atoms with Gasteiger partial charge in [0.05, 0.1) is 18.4 Å². The Morgan fingerprint density at radius 2 is 1.93 bits per heavy atom. The first-order valence-corrected chi connectivity index (χ1v) is 9.82. The fourth-order valence-electron chi connectivity index (χ4n) is 4.08. The van der Waals surface area contributed by atoms with Crippen LogP contribution in [0.25, 0.3) is 10.8 Å². The zero-order chi connectivity index (χ0) is 19.7. The van der Waals surface area contributed by atoms with E-state index in [2.05, 4.69) is 47.7 Å². The first-order valence-electron chi connectivity index (χ1n) is 9.82. The molecule has 1 aliphatic rings. The number of nitrogens with zero attached hydrogens (tertiary/aromatic N) is 2. The van der Waals surface area contributed by atoms with Crippen LogP contribution >= 0.6 is 0 Å². The Balaban J connectivity index is 2.00. The Bertz CT molecular complexity index is 1060. The summed E-state index contributed by atoms with van der Waals surface area (Å²) in [5.41, 5.74) is 3.72. The normalized spacial score (nSPS) is 16.0. The van der Waals surface area contributed by atoms with Crippen LogP contribution in [0.5, 0.6) is 0 Å². The van der Waals surface area contributed by atoms with Crippen LogP contribution in [0.3, 0.4) is 0 Å². The molecule has 0 saturated carbocycles. The number of hydrogen-bond acceptors (Lipinski definition) is 4. The van der Waals surface area contributed by atoms with Crippen LogP contribution in [-0.4, -0.2) is 22.4 Å². The minimum Gasteiger partial charge on any atom is -0.463 e. The predicted molar refractivity (Wildman–Crippen MR) is 111 cm³/mol. The van der Waals surface area contributed by atoms with Crippen molar-refractivity contribution in [3.63, 3.8) is 0 Å². The summed E-state index contributed by atoms with van der Waals surface area (Å²) < 4.78 is 7.32. The smallest absolute Gasteiger partial charge is 0.336 e. The Morgan fingerprint density at radius 1 is 1.14 bits per heavy atom. The Labute approximate surface area is 165 Å². The Hall–Kier alpha value is -3.08. The molecular formula is C23H25N3O2. The summed E-state index contributed by atoms with van der Waals surface area (Å²) in [4.78, 5) is 13.1. The molecule has 1 unspecified atom stereocenters. The molecule has 0 radical (unpaired) electrons. The van der Waals surface area contributed by atoms with Gasteiger partial charge in [-0.15, -0.1) is 0 Å². The summed E-state index contributed by atoms with van der Waals surface area (Å²) in [5.74, 6) is 0.469. The summed E-state index contributed by atoms with van der Waals surface area (Å²) in [6.07, 6.45) is 3.57. The SMILES string of the molecule is CCCC1=C(C(=O)OCC)C(c2cccc3ccccc23)c2cnn(C)c2N1. The quantitative estimate of drug-likeness (QED) is 0.654. The molecule has 1 aromatic heterocycles. The zero-order valence-electron chi connectivity index (χ0n) is 16.5. The number of anilines is 1. The van der Waals surface area contributed by atoms with Gasteiger partial charge < -0.3 is 10.1 Å². The first-order chi connectivity index (χ1) is 13.7. The van der Waals surface area contributed by atoms with Crippen LogP contribution in [0.1, 0.15) is 43.7 Å². The van der Waals surface area contributed by atoms with E-state index < -0.39 is 0 Å². The minimum atomic E-state index is -0.258. The van der Waals surface area contributed by atoms with Crippen molar-refractivity contribution in [2.75, 3.05) is 11.9 Å². The van der Waals surface area contributed by atoms with E-state index in [0.29, 0.717) is 12.2 Å². The van der Waals surface area contributed by atoms with Crippen LogP contribution in [0, 0.1) is 0 Å². The van der Waals surface area contributed by atoms with Crippen molar-refractivity contribution < 1.29 is 9.53 Å². The highest BCUT2D eigenvalue weighted by molar-refractivity contribution is 5.97. The van der Waals surface area contributed by atoms with Crippen molar-refractivity contribution in [3.8, 4) is 0 Å². The molecule has 0 fully saturated rings. The molecule has 28 heavy (non-hydrogen) atoms. The van der Waals surface area contributed by atoms with Gasteiger partial charge in [0, 0.05) is 24.2 Å². The standard InChI is InChI=1S/C23H25N3O2/c1-4-9-19-21(23(27)28-5-2)20(18-14-24-26(3)22(18)25-19)17-13-8-11-15-10-6-7-12-16(15)17/h6-8,10-14,20,25H,4-5,9H2,1-3H3. The maximum absolute atomic E-state index is 13.1. The lowest BCUT2D eigenvalue weighted by molar-refractivity contribution is -0.138. The van der Waals surface area contributed by atoms with E-state index in [-0.39, 0.29) is 11.9 Å². The molecule has 1 atom stereocenters. The number of benzene rings is 2. The molecule has 0 aliphatic carbocycles. The lowest BCUT2D eigenvalue weighted by Gasteiger charge is -2.30. The second-order valence-corrected chi connectivity index (χ2v) is 7.06. The van der Waals surface area contributed by atoms with E-state index in [1.807, 2.05) is 37.0 Å². The van der Waals surface area contributed by atoms with Gasteiger partial charge in [0.25, 0.3) is 0 Å². The van der Waals surface area contributed by atoms with Crippen molar-refractivity contribution >= 4 is 22.6 Å². The van der Waals surface area contributed by atoms with Gasteiger partial charge in [0.15, 0.2) is 0 Å². The molecule has 1 N–H and O–H groups in total. The van der Waals surface area contributed by atoms with Gasteiger partial charge in [0.1, 0.15) is 5.82 Å². The van der Waals surface area contributed by atoms with Crippen LogP contribution in [0.2, 0.25) is 0 Å². The molecular weight excluding hydrogens is 350 g/mol. The first kappa shape index (κ1) is 18.3. The van der Waals surface area contributed by atoms with E-state index >= 15 is 0 Å². The maximum Gasteiger partial charge on any atom is 0.336 e. The molecule has 2 heterocycles. The minimum absolute atomic E-state index is 0.211. The van der Waals surface area contributed by atoms with Crippen molar-refractivity contribution in [1.29, 1.82) is 0 Å². The zero-order valence-corrected chi connectivity index (χ0v) is 16.5. The van der Waals surface area contributed by atoms with E-state index in [1.54, 1.807) is 0 Å². The third kappa shape index (κ3) is 2.97. The number of nitrogens with one attached hydrogen (secondary N) is 1. The molecule has 4 rings (SSSR count). The largest absolute Gasteiger partial charge is 0.463 e. The van der Waals surface area contributed by atoms with E-state index in [0.717, 1.165) is 46.3 Å². The molecule has 5 heteroatoms. The average Bonchev–Trinajstić information content (AvgIpc) is 3.07. The molecule has 1 aliphatic heterocycles. The molecule has 0 bridgehead atoms. The second-order valence-electron chi connectivity index (χ2n) is 7.06. The summed E-state index contributed by atoms with van der Waals surface area (Å²) in [5, 5.41) is 10.2. The number of aromatic nitrogens is 2. The van der Waals surface area contributed by atoms with Gasteiger partial charge in [-0.2, -0.15) is 5.10 Å². The van der Waals surface area contributed by atoms with E-state index in [1.165, 1.54) is 0 Å². The molecule has 0 saturated heterocycles. The Kier molecular flexibility index (Phi) is 4.90. The van der Waals surface area contributed by atoms with Crippen molar-refractivity contribution in [3.05, 3.63) is 71.1 Å². The molecule has 0 spiro atoms. The summed E-state index contributed by atoms with van der Waals surface area (Å²) in [6, 6.07) is 14.6. The number of rotatable bonds is 5. The number of carbonyl (C=O) groups is 1. The van der Waals surface area contributed by atoms with Crippen LogP contribution in [0.4, 0.5) is 5.82 Å². The number of hydrogen-bond donors (Lipinski definition) is 1. The van der Waals surface area contributed by atoms with E-state index in [4.69, 9.17) is 4.74 Å². The predicted octanol–water partition coefficient (Wildman–Crippen LogP) is 4.75. The Morgan fingerprint density at radius 3 is 2.71 bits per heavy atom. The lowest BCUT2D eigenvalue weighted by atomic mass is 9.80. The molecule has 0 amide bonds. The lowest BCUT2D eigenvalue weighted by Crippen LogP contribution is -2.26. The molecule has 3 aromatic rings. The number of aryl methyl sites for hydroxylation is 1. The van der Waals surface area contributed by atoms with Crippen molar-refractivity contribution in [2.24, 2.45) is 7.05 Å². The van der Waals surface area contributed by atoms with Gasteiger partial charge in [-0.3, -0.25) is 4.68 Å². The van der Waals surface area contributed by atoms with Crippen LogP contribution in [0.15, 0.2) is 59.9 Å². The molecule has 5 nitrogen and oxygen atoms in total. The fraction of sp³-hybridized carbons (Fsp3) is 0.304. The van der Waals surface area contributed by atoms with Gasteiger partial charge in [0.2, 0.25) is 0 Å². The van der Waals surface area contributed by atoms with Gasteiger partial charge >= 0.3 is 5.97 Å². The average molecular weight is 375 g/mol. The highest BCUT2D eigenvalue weighted by Crippen LogP contribution is 2.44. The second kappa shape index (κ2) is 7.50. The van der Waals surface area contributed by atoms with Gasteiger partial charge in [-0.25, -0.2) is 4.79 Å². The topological polar surface area (TPSA) is 56.1 Å². The van der Waals surface area contributed by atoms with Crippen LogP contribution < -0.4 is 5.32 Å². The van der Waals surface area contributed by atoms with Gasteiger partial charge in [-0.05, 0) is 29.7 Å². The summed E-state index contributed by atoms with van der Waals surface area (Å²) in [6.45, 7) is 4.31. The van der Waals surface area contributed by atoms with E-state index in [9.17, 15) is 4.79 Å². The number of esters is 1. The van der Waals surface area contributed by atoms with Crippen LogP contribution in [-0.2, 0) is 16.6 Å².